The van der Waals surface area contributed by atoms with Crippen LogP contribution in [0.3, 0.4) is 0 Å². The van der Waals surface area contributed by atoms with Crippen molar-refractivity contribution in [2.75, 3.05) is 7.11 Å². The molecule has 0 bridgehead atoms. The molecule has 1 amide bonds. The van der Waals surface area contributed by atoms with Crippen LogP contribution in [0, 0.1) is 22.9 Å². The molecule has 0 saturated carbocycles. The molecule has 1 saturated heterocycles. The summed E-state index contributed by atoms with van der Waals surface area (Å²) in [7, 11) is 1.37. The van der Waals surface area contributed by atoms with Gasteiger partial charge in [0.15, 0.2) is 0 Å². The van der Waals surface area contributed by atoms with Crippen molar-refractivity contribution in [2.45, 2.75) is 58.5 Å². The fourth-order valence-electron chi connectivity index (χ4n) is 4.96. The molecule has 11 heteroatoms. The average Bonchev–Trinajstić information content (AvgIpc) is 3.15. The first-order chi connectivity index (χ1) is 18.7. The quantitative estimate of drug-likeness (QED) is 0.166. The normalized spacial score (nSPS) is 17.4. The molecule has 1 unspecified atom stereocenters. The maximum absolute atomic E-state index is 14.7. The Kier molecular flexibility index (Phi) is 7.78. The molecule has 7 nitrogen and oxygen atoms in total. The van der Waals surface area contributed by atoms with Crippen LogP contribution in [0.15, 0.2) is 48.5 Å². The number of carbonyl (C=O) groups excluding carboxylic acids is 1. The number of hydrogen-bond acceptors (Lipinski definition) is 5. The lowest BCUT2D eigenvalue weighted by molar-refractivity contribution is -0.384. The van der Waals surface area contributed by atoms with Crippen LogP contribution in [0.4, 0.5) is 28.0 Å². The van der Waals surface area contributed by atoms with Crippen molar-refractivity contribution in [1.82, 2.24) is 4.90 Å². The van der Waals surface area contributed by atoms with Gasteiger partial charge in [-0.3, -0.25) is 15.0 Å². The fourth-order valence-corrected chi connectivity index (χ4v) is 4.96. The third-order valence-electron chi connectivity index (χ3n) is 7.02. The van der Waals surface area contributed by atoms with Crippen molar-refractivity contribution in [3.8, 4) is 16.9 Å². The van der Waals surface area contributed by atoms with E-state index in [1.807, 2.05) is 13.8 Å². The number of amides is 1. The highest BCUT2D eigenvalue weighted by atomic mass is 19.4. The number of nitro benzene ring substituents is 1. The first kappa shape index (κ1) is 28.8. The summed E-state index contributed by atoms with van der Waals surface area (Å²) in [4.78, 5) is 25.3. The van der Waals surface area contributed by atoms with Gasteiger partial charge in [0.05, 0.1) is 30.2 Å². The van der Waals surface area contributed by atoms with Gasteiger partial charge in [-0.2, -0.15) is 13.2 Å². The Morgan fingerprint density at radius 3 is 2.40 bits per heavy atom. The molecule has 2 atom stereocenters. The molecule has 4 rings (SSSR count). The zero-order valence-corrected chi connectivity index (χ0v) is 22.5. The molecule has 1 fully saturated rings. The summed E-state index contributed by atoms with van der Waals surface area (Å²) in [5, 5.41) is 11.6. The van der Waals surface area contributed by atoms with Crippen molar-refractivity contribution in [1.29, 1.82) is 0 Å². The van der Waals surface area contributed by atoms with Crippen molar-refractivity contribution >= 4 is 11.8 Å². The molecule has 3 aromatic carbocycles. The number of aryl methyl sites for hydroxylation is 1. The highest BCUT2D eigenvalue weighted by molar-refractivity contribution is 5.77. The lowest BCUT2D eigenvalue weighted by atomic mass is 9.92. The van der Waals surface area contributed by atoms with Gasteiger partial charge in [-0.25, -0.2) is 9.18 Å². The van der Waals surface area contributed by atoms with E-state index in [0.29, 0.717) is 27.8 Å². The van der Waals surface area contributed by atoms with E-state index < -0.39 is 40.7 Å². The van der Waals surface area contributed by atoms with Gasteiger partial charge in [0.25, 0.3) is 5.69 Å². The summed E-state index contributed by atoms with van der Waals surface area (Å²) in [6, 6.07) is 9.78. The minimum atomic E-state index is -4.58. The Labute approximate surface area is 228 Å². The van der Waals surface area contributed by atoms with Gasteiger partial charge in [0.2, 0.25) is 0 Å². The highest BCUT2D eigenvalue weighted by Crippen LogP contribution is 2.41. The molecule has 1 heterocycles. The SMILES string of the molecule is COc1cc(F)c(C(C)C)cc1-c1ccc([N+](=O)[O-])cc1CN1C(=O)OC(c2cc(C)cc(C(F)(F)F)c2)[C@@H]1C. The number of nitrogens with zero attached hydrogens (tertiary/aromatic N) is 2. The van der Waals surface area contributed by atoms with Crippen LogP contribution in [0.25, 0.3) is 11.1 Å². The Bertz CT molecular complexity index is 1470. The maximum atomic E-state index is 14.7. The highest BCUT2D eigenvalue weighted by Gasteiger charge is 2.41. The molecule has 1 aliphatic rings. The predicted molar refractivity (Wildman–Crippen MR) is 140 cm³/mol. The second kappa shape index (κ2) is 10.8. The molecule has 3 aromatic rings. The number of methoxy groups -OCH3 is 1. The van der Waals surface area contributed by atoms with Crippen LogP contribution in [0.1, 0.15) is 60.6 Å². The van der Waals surface area contributed by atoms with Gasteiger partial charge in [-0.15, -0.1) is 0 Å². The summed E-state index contributed by atoms with van der Waals surface area (Å²) in [6.07, 6.45) is -6.35. The number of halogens is 4. The summed E-state index contributed by atoms with van der Waals surface area (Å²) in [5.74, 6) is -0.433. The van der Waals surface area contributed by atoms with E-state index in [0.717, 1.165) is 12.1 Å². The van der Waals surface area contributed by atoms with Gasteiger partial charge < -0.3 is 9.47 Å². The molecular weight excluding hydrogens is 532 g/mol. The van der Waals surface area contributed by atoms with Crippen LogP contribution in [-0.2, 0) is 17.5 Å². The van der Waals surface area contributed by atoms with Gasteiger partial charge in [-0.05, 0) is 66.3 Å². The van der Waals surface area contributed by atoms with Gasteiger partial charge in [-0.1, -0.05) is 25.5 Å². The third-order valence-corrected chi connectivity index (χ3v) is 7.02. The van der Waals surface area contributed by atoms with E-state index in [1.165, 1.54) is 49.3 Å². The number of benzene rings is 3. The predicted octanol–water partition coefficient (Wildman–Crippen LogP) is 7.94. The maximum Gasteiger partial charge on any atom is 0.416 e. The number of ether oxygens (including phenoxy) is 2. The van der Waals surface area contributed by atoms with Crippen LogP contribution < -0.4 is 4.74 Å². The topological polar surface area (TPSA) is 81.9 Å². The van der Waals surface area contributed by atoms with E-state index in [9.17, 15) is 32.5 Å². The zero-order valence-electron chi connectivity index (χ0n) is 22.5. The molecule has 212 valence electrons. The number of nitro groups is 1. The van der Waals surface area contributed by atoms with E-state index >= 15 is 0 Å². The molecule has 0 N–H and O–H groups in total. The number of rotatable bonds is 7. The molecule has 0 radical (unpaired) electrons. The Hall–Kier alpha value is -4.15. The summed E-state index contributed by atoms with van der Waals surface area (Å²) < 4.78 is 66.0. The van der Waals surface area contributed by atoms with Crippen LogP contribution in [0.5, 0.6) is 5.75 Å². The smallest absolute Gasteiger partial charge is 0.416 e. The Balaban J connectivity index is 1.77. The van der Waals surface area contributed by atoms with Crippen molar-refractivity contribution in [2.24, 2.45) is 0 Å². The van der Waals surface area contributed by atoms with Gasteiger partial charge in [0.1, 0.15) is 17.7 Å². The van der Waals surface area contributed by atoms with Crippen molar-refractivity contribution in [3.05, 3.63) is 92.3 Å². The fraction of sp³-hybridized carbons (Fsp3) is 0.345. The zero-order chi connectivity index (χ0) is 29.5. The Morgan fingerprint density at radius 1 is 1.10 bits per heavy atom. The van der Waals surface area contributed by atoms with Crippen molar-refractivity contribution < 1.29 is 36.8 Å². The Morgan fingerprint density at radius 2 is 1.80 bits per heavy atom. The van der Waals surface area contributed by atoms with E-state index in [4.69, 9.17) is 9.47 Å². The number of non-ortho nitro benzene ring substituents is 1. The molecule has 40 heavy (non-hydrogen) atoms. The second-order valence-corrected chi connectivity index (χ2v) is 10.1. The average molecular weight is 561 g/mol. The summed E-state index contributed by atoms with van der Waals surface area (Å²) in [5.41, 5.74) is 1.19. The number of hydrogen-bond donors (Lipinski definition) is 0. The summed E-state index contributed by atoms with van der Waals surface area (Å²) >= 11 is 0. The second-order valence-electron chi connectivity index (χ2n) is 10.1. The van der Waals surface area contributed by atoms with Gasteiger partial charge in [0, 0.05) is 23.8 Å². The summed E-state index contributed by atoms with van der Waals surface area (Å²) in [6.45, 7) is 6.65. The standard InChI is InChI=1S/C29H28F4N2O5/c1-15(2)23-12-24(26(39-5)13-25(23)30)22-7-6-21(35(37)38)11-19(22)14-34-17(4)27(40-28(34)36)18-8-16(3)9-20(10-18)29(31,32)33/h6-13,15,17,27H,14H2,1-5H3/t17-,27?/m0/s1. The monoisotopic (exact) mass is 560 g/mol. The third kappa shape index (κ3) is 5.59. The minimum Gasteiger partial charge on any atom is -0.496 e. The molecule has 0 aliphatic carbocycles. The number of carbonyl (C=O) groups is 1. The van der Waals surface area contributed by atoms with E-state index in [2.05, 4.69) is 0 Å². The minimum absolute atomic E-state index is 0.150. The van der Waals surface area contributed by atoms with E-state index in [1.54, 1.807) is 13.0 Å². The number of cyclic esters (lactones) is 1. The number of alkyl halides is 3. The first-order valence-electron chi connectivity index (χ1n) is 12.5. The lowest BCUT2D eigenvalue weighted by Gasteiger charge is -2.23. The van der Waals surface area contributed by atoms with Crippen LogP contribution in [-0.4, -0.2) is 29.1 Å². The van der Waals surface area contributed by atoms with E-state index in [-0.39, 0.29) is 29.5 Å². The molecule has 1 aliphatic heterocycles. The largest absolute Gasteiger partial charge is 0.496 e. The molecule has 0 spiro atoms. The van der Waals surface area contributed by atoms with Crippen LogP contribution >= 0.6 is 0 Å². The lowest BCUT2D eigenvalue weighted by Crippen LogP contribution is -2.31. The van der Waals surface area contributed by atoms with Gasteiger partial charge >= 0.3 is 12.3 Å². The molecular formula is C29H28F4N2O5. The first-order valence-corrected chi connectivity index (χ1v) is 12.5. The molecule has 0 aromatic heterocycles. The van der Waals surface area contributed by atoms with Crippen LogP contribution in [0.2, 0.25) is 0 Å². The van der Waals surface area contributed by atoms with Crippen molar-refractivity contribution in [3.63, 3.8) is 0 Å².